The number of nitrogens with one attached hydrogen (secondary N) is 1. The number of nitrogens with two attached hydrogens (primary N) is 1. The standard InChI is InChI=1S/C12H20N2O2S2.ClH/c13-10-3-1-4-11(9-10)14-18(15,16)8-6-12-5-2-7-17-12;/h2,5,7,10-11,14H,1,3-4,6,8-9,13H2;1H. The molecule has 0 bridgehead atoms. The van der Waals surface area contributed by atoms with Gasteiger partial charge in [0.05, 0.1) is 5.75 Å². The molecule has 2 rings (SSSR count). The van der Waals surface area contributed by atoms with Gasteiger partial charge < -0.3 is 5.73 Å². The lowest BCUT2D eigenvalue weighted by molar-refractivity contribution is 0.371. The zero-order valence-corrected chi connectivity index (χ0v) is 13.2. The molecule has 2 unspecified atom stereocenters. The Labute approximate surface area is 125 Å². The molecule has 0 spiro atoms. The lowest BCUT2D eigenvalue weighted by Crippen LogP contribution is -2.43. The van der Waals surface area contributed by atoms with Crippen molar-refractivity contribution in [2.24, 2.45) is 5.73 Å². The average Bonchev–Trinajstić information content (AvgIpc) is 2.78. The minimum absolute atomic E-state index is 0. The van der Waals surface area contributed by atoms with Gasteiger partial charge in [0.15, 0.2) is 0 Å². The zero-order valence-electron chi connectivity index (χ0n) is 10.7. The molecule has 19 heavy (non-hydrogen) atoms. The minimum Gasteiger partial charge on any atom is -0.328 e. The van der Waals surface area contributed by atoms with Crippen molar-refractivity contribution >= 4 is 33.8 Å². The lowest BCUT2D eigenvalue weighted by atomic mass is 9.92. The second kappa shape index (κ2) is 7.59. The van der Waals surface area contributed by atoms with Gasteiger partial charge in [-0.2, -0.15) is 0 Å². The van der Waals surface area contributed by atoms with Gasteiger partial charge >= 0.3 is 0 Å². The molecule has 2 atom stereocenters. The van der Waals surface area contributed by atoms with Gasteiger partial charge in [-0.05, 0) is 37.1 Å². The quantitative estimate of drug-likeness (QED) is 0.869. The molecule has 0 saturated heterocycles. The van der Waals surface area contributed by atoms with Crippen LogP contribution in [0.25, 0.3) is 0 Å². The summed E-state index contributed by atoms with van der Waals surface area (Å²) in [4.78, 5) is 1.11. The Morgan fingerprint density at radius 1 is 1.42 bits per heavy atom. The van der Waals surface area contributed by atoms with Gasteiger partial charge in [-0.15, -0.1) is 23.7 Å². The fraction of sp³-hybridized carbons (Fsp3) is 0.667. The average molecular weight is 325 g/mol. The highest BCUT2D eigenvalue weighted by atomic mass is 35.5. The van der Waals surface area contributed by atoms with Crippen LogP contribution in [0, 0.1) is 0 Å². The molecule has 4 nitrogen and oxygen atoms in total. The van der Waals surface area contributed by atoms with Gasteiger partial charge in [0.1, 0.15) is 0 Å². The Bertz CT molecular complexity index is 462. The molecular formula is C12H21ClN2O2S2. The van der Waals surface area contributed by atoms with Crippen molar-refractivity contribution in [1.29, 1.82) is 0 Å². The smallest absolute Gasteiger partial charge is 0.212 e. The van der Waals surface area contributed by atoms with Crippen LogP contribution in [0.1, 0.15) is 30.6 Å². The molecule has 0 radical (unpaired) electrons. The zero-order chi connectivity index (χ0) is 13.0. The van der Waals surface area contributed by atoms with E-state index >= 15 is 0 Å². The SMILES string of the molecule is Cl.NC1CCCC(NS(=O)(=O)CCc2cccs2)C1. The van der Waals surface area contributed by atoms with Crippen molar-refractivity contribution in [3.05, 3.63) is 22.4 Å². The second-order valence-electron chi connectivity index (χ2n) is 4.89. The van der Waals surface area contributed by atoms with Crippen molar-refractivity contribution in [1.82, 2.24) is 4.72 Å². The van der Waals surface area contributed by atoms with E-state index in [1.165, 1.54) is 0 Å². The van der Waals surface area contributed by atoms with Gasteiger partial charge in [-0.3, -0.25) is 0 Å². The molecule has 1 heterocycles. The van der Waals surface area contributed by atoms with Gasteiger partial charge in [0.2, 0.25) is 10.0 Å². The van der Waals surface area contributed by atoms with Gasteiger partial charge in [-0.1, -0.05) is 12.5 Å². The monoisotopic (exact) mass is 324 g/mol. The summed E-state index contributed by atoms with van der Waals surface area (Å²) < 4.78 is 26.7. The summed E-state index contributed by atoms with van der Waals surface area (Å²) in [5, 5.41) is 1.97. The number of rotatable bonds is 5. The van der Waals surface area contributed by atoms with E-state index in [2.05, 4.69) is 4.72 Å². The first-order valence-electron chi connectivity index (χ1n) is 6.33. The lowest BCUT2D eigenvalue weighted by Gasteiger charge is -2.27. The molecule has 1 aliphatic carbocycles. The van der Waals surface area contributed by atoms with Crippen molar-refractivity contribution in [2.45, 2.75) is 44.2 Å². The van der Waals surface area contributed by atoms with E-state index < -0.39 is 10.0 Å². The maximum Gasteiger partial charge on any atom is 0.212 e. The third kappa shape index (κ3) is 5.79. The number of hydrogen-bond donors (Lipinski definition) is 2. The van der Waals surface area contributed by atoms with Crippen molar-refractivity contribution in [3.63, 3.8) is 0 Å². The van der Waals surface area contributed by atoms with Gasteiger partial charge in [0, 0.05) is 17.0 Å². The largest absolute Gasteiger partial charge is 0.328 e. The predicted octanol–water partition coefficient (Wildman–Crippen LogP) is 1.90. The number of aryl methyl sites for hydroxylation is 1. The van der Waals surface area contributed by atoms with E-state index in [0.717, 1.165) is 30.6 Å². The topological polar surface area (TPSA) is 72.2 Å². The Kier molecular flexibility index (Phi) is 6.76. The Balaban J connectivity index is 0.00000180. The van der Waals surface area contributed by atoms with E-state index in [4.69, 9.17) is 5.73 Å². The Morgan fingerprint density at radius 2 is 2.21 bits per heavy atom. The summed E-state index contributed by atoms with van der Waals surface area (Å²) in [5.41, 5.74) is 5.86. The molecule has 0 aromatic carbocycles. The summed E-state index contributed by atoms with van der Waals surface area (Å²) in [6.45, 7) is 0. The summed E-state index contributed by atoms with van der Waals surface area (Å²) in [5.74, 6) is 0.166. The molecule has 1 fully saturated rings. The fourth-order valence-corrected chi connectivity index (χ4v) is 4.50. The van der Waals surface area contributed by atoms with Crippen LogP contribution in [0.3, 0.4) is 0 Å². The van der Waals surface area contributed by atoms with Crippen LogP contribution in [0.4, 0.5) is 0 Å². The van der Waals surface area contributed by atoms with Crippen LogP contribution in [0.15, 0.2) is 17.5 Å². The third-order valence-electron chi connectivity index (χ3n) is 3.26. The third-order valence-corrected chi connectivity index (χ3v) is 5.63. The minimum atomic E-state index is -3.18. The molecule has 1 saturated carbocycles. The van der Waals surface area contributed by atoms with Crippen LogP contribution >= 0.6 is 23.7 Å². The molecule has 1 aliphatic rings. The van der Waals surface area contributed by atoms with Crippen LogP contribution < -0.4 is 10.5 Å². The van der Waals surface area contributed by atoms with Crippen molar-refractivity contribution in [3.8, 4) is 0 Å². The normalized spacial score (nSPS) is 23.8. The van der Waals surface area contributed by atoms with Gasteiger partial charge in [-0.25, -0.2) is 13.1 Å². The second-order valence-corrected chi connectivity index (χ2v) is 7.80. The highest BCUT2D eigenvalue weighted by Crippen LogP contribution is 2.18. The molecule has 0 amide bonds. The van der Waals surface area contributed by atoms with Crippen molar-refractivity contribution < 1.29 is 8.42 Å². The molecular weight excluding hydrogens is 304 g/mol. The maximum atomic E-state index is 12.0. The van der Waals surface area contributed by atoms with E-state index in [1.54, 1.807) is 11.3 Å². The van der Waals surface area contributed by atoms with E-state index in [1.807, 2.05) is 17.5 Å². The first-order chi connectivity index (χ1) is 8.55. The highest BCUT2D eigenvalue weighted by molar-refractivity contribution is 7.89. The predicted molar refractivity (Wildman–Crippen MR) is 82.4 cm³/mol. The number of sulfonamides is 1. The van der Waals surface area contributed by atoms with Crippen LogP contribution in [-0.2, 0) is 16.4 Å². The Hall–Kier alpha value is -0.140. The van der Waals surface area contributed by atoms with Gasteiger partial charge in [0.25, 0.3) is 0 Å². The summed E-state index contributed by atoms with van der Waals surface area (Å²) in [6, 6.07) is 4.09. The number of hydrogen-bond acceptors (Lipinski definition) is 4. The first kappa shape index (κ1) is 16.9. The maximum absolute atomic E-state index is 12.0. The summed E-state index contributed by atoms with van der Waals surface area (Å²) >= 11 is 1.60. The first-order valence-corrected chi connectivity index (χ1v) is 8.86. The van der Waals surface area contributed by atoms with Crippen LogP contribution in [0.2, 0.25) is 0 Å². The van der Waals surface area contributed by atoms with E-state index in [0.29, 0.717) is 6.42 Å². The summed E-state index contributed by atoms with van der Waals surface area (Å²) in [6.07, 6.45) is 4.28. The van der Waals surface area contributed by atoms with E-state index in [9.17, 15) is 8.42 Å². The molecule has 1 aromatic rings. The number of thiophene rings is 1. The highest BCUT2D eigenvalue weighted by Gasteiger charge is 2.23. The van der Waals surface area contributed by atoms with Crippen LogP contribution in [0.5, 0.6) is 0 Å². The van der Waals surface area contributed by atoms with E-state index in [-0.39, 0.29) is 30.2 Å². The van der Waals surface area contributed by atoms with Crippen LogP contribution in [-0.4, -0.2) is 26.3 Å². The molecule has 1 aromatic heterocycles. The van der Waals surface area contributed by atoms with Crippen molar-refractivity contribution in [2.75, 3.05) is 5.75 Å². The molecule has 0 aliphatic heterocycles. The molecule has 7 heteroatoms. The molecule has 110 valence electrons. The fourth-order valence-electron chi connectivity index (χ4n) is 2.34. The number of halogens is 1. The molecule has 3 N–H and O–H groups in total. The summed E-state index contributed by atoms with van der Waals surface area (Å²) in [7, 11) is -3.18. The Morgan fingerprint density at radius 3 is 2.84 bits per heavy atom.